The SMILES string of the molecule is CN(C)n1cc(C(=O)NCc2ccc(Cl)cc2)c(=O)c2cc(C#CCO)ccc21. The Morgan fingerprint density at radius 3 is 2.59 bits per heavy atom. The fraction of sp³-hybridized carbons (Fsp3) is 0.182. The number of benzene rings is 2. The Balaban J connectivity index is 2.01. The van der Waals surface area contributed by atoms with Crippen LogP contribution in [0.5, 0.6) is 0 Å². The predicted octanol–water partition coefficient (Wildman–Crippen LogP) is 2.13. The van der Waals surface area contributed by atoms with Crippen LogP contribution in [0.1, 0.15) is 21.5 Å². The van der Waals surface area contributed by atoms with Crippen LogP contribution in [0.2, 0.25) is 5.02 Å². The topological polar surface area (TPSA) is 74.6 Å². The van der Waals surface area contributed by atoms with E-state index in [0.29, 0.717) is 21.5 Å². The van der Waals surface area contributed by atoms with Gasteiger partial charge in [0.15, 0.2) is 0 Å². The standard InChI is InChI=1S/C22H20ClN3O3/c1-25(2)26-14-19(22(29)24-13-16-5-8-17(23)9-6-16)21(28)18-12-15(4-3-11-27)7-10-20(18)26/h5-10,12,14,27H,11,13H2,1-2H3,(H,24,29). The summed E-state index contributed by atoms with van der Waals surface area (Å²) in [6.07, 6.45) is 1.53. The van der Waals surface area contributed by atoms with Crippen molar-refractivity contribution in [3.05, 3.63) is 80.6 Å². The van der Waals surface area contributed by atoms with E-state index >= 15 is 0 Å². The van der Waals surface area contributed by atoms with E-state index in [9.17, 15) is 9.59 Å². The van der Waals surface area contributed by atoms with Gasteiger partial charge in [-0.15, -0.1) is 0 Å². The summed E-state index contributed by atoms with van der Waals surface area (Å²) in [6.45, 7) is 0.00453. The molecule has 1 amide bonds. The summed E-state index contributed by atoms with van der Waals surface area (Å²) in [6, 6.07) is 12.3. The third-order valence-electron chi connectivity index (χ3n) is 4.34. The number of rotatable bonds is 4. The van der Waals surface area contributed by atoms with Crippen LogP contribution in [0.3, 0.4) is 0 Å². The Kier molecular flexibility index (Phi) is 6.23. The smallest absolute Gasteiger partial charge is 0.257 e. The molecule has 6 nitrogen and oxygen atoms in total. The first-order valence-corrected chi connectivity index (χ1v) is 9.28. The molecule has 0 atom stereocenters. The van der Waals surface area contributed by atoms with Crippen molar-refractivity contribution in [2.45, 2.75) is 6.54 Å². The maximum atomic E-state index is 13.0. The first kappa shape index (κ1) is 20.5. The molecular weight excluding hydrogens is 390 g/mol. The molecule has 0 aliphatic rings. The fourth-order valence-corrected chi connectivity index (χ4v) is 3.03. The number of aromatic nitrogens is 1. The molecule has 7 heteroatoms. The third kappa shape index (κ3) is 4.60. The van der Waals surface area contributed by atoms with Crippen LogP contribution in [-0.4, -0.2) is 36.4 Å². The van der Waals surface area contributed by atoms with E-state index in [1.807, 2.05) is 26.2 Å². The molecule has 0 bridgehead atoms. The van der Waals surface area contributed by atoms with Gasteiger partial charge in [-0.1, -0.05) is 35.6 Å². The van der Waals surface area contributed by atoms with E-state index in [1.54, 1.807) is 40.0 Å². The minimum absolute atomic E-state index is 0.0347. The highest BCUT2D eigenvalue weighted by Crippen LogP contribution is 2.15. The number of nitrogens with one attached hydrogen (secondary N) is 1. The summed E-state index contributed by atoms with van der Waals surface area (Å²) >= 11 is 5.88. The van der Waals surface area contributed by atoms with Gasteiger partial charge in [-0.25, -0.2) is 0 Å². The molecular formula is C22H20ClN3O3. The summed E-state index contributed by atoms with van der Waals surface area (Å²) in [4.78, 5) is 25.8. The number of amides is 1. The number of pyridine rings is 1. The van der Waals surface area contributed by atoms with E-state index in [4.69, 9.17) is 16.7 Å². The van der Waals surface area contributed by atoms with Crippen molar-refractivity contribution in [1.29, 1.82) is 0 Å². The lowest BCUT2D eigenvalue weighted by Crippen LogP contribution is -2.33. The molecule has 3 rings (SSSR count). The minimum atomic E-state index is -0.464. The fourth-order valence-electron chi connectivity index (χ4n) is 2.91. The summed E-state index contributed by atoms with van der Waals surface area (Å²) in [7, 11) is 3.64. The molecule has 0 fully saturated rings. The molecule has 0 saturated carbocycles. The van der Waals surface area contributed by atoms with Gasteiger partial charge in [0.05, 0.1) is 5.52 Å². The van der Waals surface area contributed by atoms with Crippen molar-refractivity contribution in [2.24, 2.45) is 0 Å². The first-order valence-electron chi connectivity index (χ1n) is 8.90. The van der Waals surface area contributed by atoms with Crippen molar-refractivity contribution in [1.82, 2.24) is 9.99 Å². The van der Waals surface area contributed by atoms with E-state index < -0.39 is 5.91 Å². The largest absolute Gasteiger partial charge is 0.384 e. The highest BCUT2D eigenvalue weighted by molar-refractivity contribution is 6.30. The Hall–Kier alpha value is -3.27. The molecule has 0 aliphatic carbocycles. The summed E-state index contributed by atoms with van der Waals surface area (Å²) in [5.41, 5.74) is 1.78. The van der Waals surface area contributed by atoms with Gasteiger partial charge in [0, 0.05) is 42.8 Å². The van der Waals surface area contributed by atoms with Gasteiger partial charge in [0.25, 0.3) is 5.91 Å². The monoisotopic (exact) mass is 409 g/mol. The molecule has 2 N–H and O–H groups in total. The first-order chi connectivity index (χ1) is 13.9. The second-order valence-corrected chi connectivity index (χ2v) is 7.00. The van der Waals surface area contributed by atoms with Crippen molar-refractivity contribution in [2.75, 3.05) is 25.7 Å². The van der Waals surface area contributed by atoms with Crippen LogP contribution in [0.15, 0.2) is 53.5 Å². The van der Waals surface area contributed by atoms with E-state index in [2.05, 4.69) is 17.2 Å². The van der Waals surface area contributed by atoms with Crippen LogP contribution in [-0.2, 0) is 6.54 Å². The van der Waals surface area contributed by atoms with Crippen molar-refractivity contribution in [3.8, 4) is 11.8 Å². The zero-order valence-corrected chi connectivity index (χ0v) is 16.8. The van der Waals surface area contributed by atoms with E-state index in [1.165, 1.54) is 6.20 Å². The summed E-state index contributed by atoms with van der Waals surface area (Å²) in [5.74, 6) is 4.89. The molecule has 0 unspecified atom stereocenters. The van der Waals surface area contributed by atoms with Crippen LogP contribution in [0.4, 0.5) is 0 Å². The second kappa shape index (κ2) is 8.82. The Labute approximate surface area is 173 Å². The van der Waals surface area contributed by atoms with Gasteiger partial charge >= 0.3 is 0 Å². The highest BCUT2D eigenvalue weighted by Gasteiger charge is 2.16. The van der Waals surface area contributed by atoms with Gasteiger partial charge in [-0.05, 0) is 35.9 Å². The molecule has 0 spiro atoms. The summed E-state index contributed by atoms with van der Waals surface area (Å²) in [5, 5.41) is 14.4. The van der Waals surface area contributed by atoms with Crippen molar-refractivity contribution in [3.63, 3.8) is 0 Å². The van der Waals surface area contributed by atoms with Gasteiger partial charge in [-0.3, -0.25) is 14.3 Å². The highest BCUT2D eigenvalue weighted by atomic mass is 35.5. The number of hydrogen-bond donors (Lipinski definition) is 2. The Bertz CT molecular complexity index is 1170. The molecule has 1 aromatic heterocycles. The molecule has 0 saturated heterocycles. The number of carbonyl (C=O) groups excluding carboxylic acids is 1. The van der Waals surface area contributed by atoms with Crippen LogP contribution in [0, 0.1) is 11.8 Å². The average molecular weight is 410 g/mol. The van der Waals surface area contributed by atoms with Gasteiger partial charge in [0.1, 0.15) is 12.2 Å². The van der Waals surface area contributed by atoms with Crippen LogP contribution < -0.4 is 15.8 Å². The third-order valence-corrected chi connectivity index (χ3v) is 4.59. The Morgan fingerprint density at radius 1 is 1.21 bits per heavy atom. The average Bonchev–Trinajstić information content (AvgIpc) is 2.71. The zero-order chi connectivity index (χ0) is 21.0. The lowest BCUT2D eigenvalue weighted by Gasteiger charge is -2.21. The number of hydrogen-bond acceptors (Lipinski definition) is 4. The van der Waals surface area contributed by atoms with E-state index in [0.717, 1.165) is 5.56 Å². The number of halogens is 1. The van der Waals surface area contributed by atoms with Crippen molar-refractivity contribution >= 4 is 28.4 Å². The van der Waals surface area contributed by atoms with Gasteiger partial charge in [-0.2, -0.15) is 0 Å². The Morgan fingerprint density at radius 2 is 1.93 bits per heavy atom. The number of aliphatic hydroxyl groups is 1. The lowest BCUT2D eigenvalue weighted by molar-refractivity contribution is 0.0949. The van der Waals surface area contributed by atoms with Crippen LogP contribution >= 0.6 is 11.6 Å². The maximum Gasteiger partial charge on any atom is 0.257 e. The van der Waals surface area contributed by atoms with Crippen molar-refractivity contribution < 1.29 is 9.90 Å². The van der Waals surface area contributed by atoms with E-state index in [-0.39, 0.29) is 24.1 Å². The second-order valence-electron chi connectivity index (χ2n) is 6.56. The van der Waals surface area contributed by atoms with Crippen LogP contribution in [0.25, 0.3) is 10.9 Å². The van der Waals surface area contributed by atoms with Gasteiger partial charge < -0.3 is 15.4 Å². The molecule has 1 heterocycles. The molecule has 29 heavy (non-hydrogen) atoms. The normalized spacial score (nSPS) is 10.3. The number of aliphatic hydroxyl groups excluding tert-OH is 1. The molecule has 2 aromatic carbocycles. The van der Waals surface area contributed by atoms with Gasteiger partial charge in [0.2, 0.25) is 5.43 Å². The minimum Gasteiger partial charge on any atom is -0.384 e. The number of carbonyl (C=O) groups is 1. The lowest BCUT2D eigenvalue weighted by atomic mass is 10.1. The number of nitrogens with zero attached hydrogens (tertiary/aromatic N) is 2. The molecule has 0 radical (unpaired) electrons. The molecule has 0 aliphatic heterocycles. The predicted molar refractivity (Wildman–Crippen MR) is 115 cm³/mol. The zero-order valence-electron chi connectivity index (χ0n) is 16.1. The maximum absolute atomic E-state index is 13.0. The quantitative estimate of drug-likeness (QED) is 0.647. The molecule has 148 valence electrons. The number of fused-ring (bicyclic) bond motifs is 1. The summed E-state index contributed by atoms with van der Waals surface area (Å²) < 4.78 is 1.73. The molecule has 3 aromatic rings.